The Bertz CT molecular complexity index is 1300. The summed E-state index contributed by atoms with van der Waals surface area (Å²) in [4.78, 5) is 46.4. The zero-order chi connectivity index (χ0) is 25.0. The minimum atomic E-state index is -1.71. The molecule has 3 heterocycles. The molecule has 0 aromatic heterocycles. The third-order valence-corrected chi connectivity index (χ3v) is 7.21. The number of hydrogen-bond donors (Lipinski definition) is 3. The number of rotatable bonds is 6. The molecule has 2 fully saturated rings. The van der Waals surface area contributed by atoms with Gasteiger partial charge < -0.3 is 30.7 Å². The number of fused-ring (bicyclic) bond motifs is 2. The van der Waals surface area contributed by atoms with E-state index < -0.39 is 24.0 Å². The third kappa shape index (κ3) is 4.02. The summed E-state index contributed by atoms with van der Waals surface area (Å²) in [5.74, 6) is -0.244. The third-order valence-electron chi connectivity index (χ3n) is 7.21. The first-order valence-electron chi connectivity index (χ1n) is 12.2. The topological polar surface area (TPSA) is 138 Å². The molecule has 2 atom stereocenters. The highest BCUT2D eigenvalue weighted by molar-refractivity contribution is 6.06. The molecule has 3 amide bonds. The van der Waals surface area contributed by atoms with Crippen molar-refractivity contribution < 1.29 is 24.2 Å². The lowest BCUT2D eigenvalue weighted by Gasteiger charge is -2.34. The Labute approximate surface area is 207 Å². The second-order valence-corrected chi connectivity index (χ2v) is 9.76. The number of morpholine rings is 1. The molecule has 2 aromatic rings. The van der Waals surface area contributed by atoms with Crippen molar-refractivity contribution in [2.24, 2.45) is 16.6 Å². The Hall–Kier alpha value is -3.76. The fourth-order valence-corrected chi connectivity index (χ4v) is 5.03. The van der Waals surface area contributed by atoms with Crippen LogP contribution in [0.3, 0.4) is 0 Å². The first-order valence-corrected chi connectivity index (χ1v) is 12.2. The molecule has 10 nitrogen and oxygen atoms in total. The molecule has 36 heavy (non-hydrogen) atoms. The molecule has 0 bridgehead atoms. The molecule has 6 rings (SSSR count). The smallest absolute Gasteiger partial charge is 0.259 e. The number of anilines is 2. The number of carbonyl (C=O) groups is 3. The van der Waals surface area contributed by atoms with Crippen LogP contribution in [0, 0.1) is 5.92 Å². The van der Waals surface area contributed by atoms with Crippen LogP contribution < -0.4 is 16.0 Å². The number of hydrogen-bond acceptors (Lipinski definition) is 7. The van der Waals surface area contributed by atoms with Crippen molar-refractivity contribution in [2.45, 2.75) is 38.1 Å². The van der Waals surface area contributed by atoms with Gasteiger partial charge in [0.1, 0.15) is 5.84 Å². The number of carbonyl (C=O) groups excluding carboxylic acids is 3. The monoisotopic (exact) mass is 489 g/mol. The summed E-state index contributed by atoms with van der Waals surface area (Å²) in [5, 5.41) is 13.4. The highest BCUT2D eigenvalue weighted by Crippen LogP contribution is 2.34. The van der Waals surface area contributed by atoms with Crippen molar-refractivity contribution in [2.75, 3.05) is 29.9 Å². The van der Waals surface area contributed by atoms with E-state index in [4.69, 9.17) is 10.5 Å². The summed E-state index contributed by atoms with van der Waals surface area (Å²) in [5.41, 5.74) is 10.1. The lowest BCUT2D eigenvalue weighted by atomic mass is 10.1. The SMILES string of the molecule is NC1=NCc2cc(NC(=O)[C@H](O)[C@H]3OCCN(c4ccc5c(c4)C(=O)N(CC4CC4)C5)C3=O)ccc21. The Morgan fingerprint density at radius 2 is 2.00 bits per heavy atom. The fraction of sp³-hybridized carbons (Fsp3) is 0.385. The maximum Gasteiger partial charge on any atom is 0.259 e. The first kappa shape index (κ1) is 22.7. The predicted molar refractivity (Wildman–Crippen MR) is 132 cm³/mol. The molecular formula is C26H27N5O5. The molecule has 1 aliphatic carbocycles. The van der Waals surface area contributed by atoms with Gasteiger partial charge in [0.05, 0.1) is 13.2 Å². The number of aliphatic imine (C=N–C) groups is 1. The molecule has 0 radical (unpaired) electrons. The van der Waals surface area contributed by atoms with Crippen LogP contribution in [0.15, 0.2) is 41.4 Å². The molecule has 3 aliphatic heterocycles. The van der Waals surface area contributed by atoms with Crippen LogP contribution >= 0.6 is 0 Å². The first-order chi connectivity index (χ1) is 17.4. The maximum absolute atomic E-state index is 13.3. The van der Waals surface area contributed by atoms with E-state index >= 15 is 0 Å². The second kappa shape index (κ2) is 8.72. The molecule has 0 spiro atoms. The number of nitrogens with one attached hydrogen (secondary N) is 1. The van der Waals surface area contributed by atoms with Gasteiger partial charge in [0.25, 0.3) is 17.7 Å². The lowest BCUT2D eigenvalue weighted by Crippen LogP contribution is -2.55. The Morgan fingerprint density at radius 1 is 1.17 bits per heavy atom. The van der Waals surface area contributed by atoms with Crippen LogP contribution in [0.1, 0.15) is 39.9 Å². The zero-order valence-corrected chi connectivity index (χ0v) is 19.6. The fourth-order valence-electron chi connectivity index (χ4n) is 5.03. The van der Waals surface area contributed by atoms with E-state index in [2.05, 4.69) is 10.3 Å². The second-order valence-electron chi connectivity index (χ2n) is 9.76. The molecule has 1 saturated heterocycles. The highest BCUT2D eigenvalue weighted by Gasteiger charge is 2.40. The van der Waals surface area contributed by atoms with Crippen LogP contribution in [0.4, 0.5) is 11.4 Å². The van der Waals surface area contributed by atoms with Gasteiger partial charge in [-0.2, -0.15) is 0 Å². The van der Waals surface area contributed by atoms with Crippen LogP contribution in [-0.4, -0.2) is 65.5 Å². The summed E-state index contributed by atoms with van der Waals surface area (Å²) in [6.45, 7) is 2.19. The van der Waals surface area contributed by atoms with Gasteiger partial charge in [-0.1, -0.05) is 6.07 Å². The van der Waals surface area contributed by atoms with E-state index in [1.807, 2.05) is 11.0 Å². The number of nitrogens with two attached hydrogens (primary N) is 1. The zero-order valence-electron chi connectivity index (χ0n) is 19.6. The Morgan fingerprint density at radius 3 is 2.81 bits per heavy atom. The molecule has 186 valence electrons. The molecule has 4 N–H and O–H groups in total. The van der Waals surface area contributed by atoms with Crippen molar-refractivity contribution in [1.29, 1.82) is 0 Å². The van der Waals surface area contributed by atoms with Crippen molar-refractivity contribution >= 4 is 34.9 Å². The van der Waals surface area contributed by atoms with E-state index in [1.54, 1.807) is 30.3 Å². The number of aliphatic hydroxyl groups is 1. The molecular weight excluding hydrogens is 462 g/mol. The van der Waals surface area contributed by atoms with E-state index in [0.29, 0.717) is 41.8 Å². The van der Waals surface area contributed by atoms with E-state index in [0.717, 1.165) is 23.2 Å². The highest BCUT2D eigenvalue weighted by atomic mass is 16.5. The number of amides is 3. The number of benzene rings is 2. The summed E-state index contributed by atoms with van der Waals surface area (Å²) < 4.78 is 5.52. The van der Waals surface area contributed by atoms with Crippen molar-refractivity contribution in [1.82, 2.24) is 4.90 Å². The molecule has 2 aromatic carbocycles. The van der Waals surface area contributed by atoms with Crippen LogP contribution in [0.5, 0.6) is 0 Å². The van der Waals surface area contributed by atoms with E-state index in [-0.39, 0.29) is 19.1 Å². The van der Waals surface area contributed by atoms with Crippen LogP contribution in [0.25, 0.3) is 0 Å². The standard InChI is InChI=1S/C26H27N5O5/c27-23-19-6-4-17(9-16(19)11-28-23)29-24(33)21(32)22-26(35)31(7-8-36-22)18-5-3-15-13-30(12-14-1-2-14)25(34)20(15)10-18/h3-6,9-10,14,21-22,32H,1-2,7-8,11-13H2,(H2,27,28)(H,29,33)/t21-,22-/m1/s1. The van der Waals surface area contributed by atoms with Gasteiger partial charge in [0.2, 0.25) is 0 Å². The minimum Gasteiger partial charge on any atom is -0.383 e. The van der Waals surface area contributed by atoms with Gasteiger partial charge in [0.15, 0.2) is 12.2 Å². The van der Waals surface area contributed by atoms with Gasteiger partial charge in [0, 0.05) is 42.1 Å². The average molecular weight is 490 g/mol. The summed E-state index contributed by atoms with van der Waals surface area (Å²) in [7, 11) is 0. The number of amidine groups is 1. The predicted octanol–water partition coefficient (Wildman–Crippen LogP) is 1.00. The van der Waals surface area contributed by atoms with E-state index in [9.17, 15) is 19.5 Å². The molecule has 0 unspecified atom stereocenters. The van der Waals surface area contributed by atoms with Gasteiger partial charge in [-0.3, -0.25) is 19.4 Å². The van der Waals surface area contributed by atoms with E-state index in [1.165, 1.54) is 17.7 Å². The summed E-state index contributed by atoms with van der Waals surface area (Å²) >= 11 is 0. The number of ether oxygens (including phenoxy) is 1. The van der Waals surface area contributed by atoms with Crippen molar-refractivity contribution in [3.8, 4) is 0 Å². The minimum absolute atomic E-state index is 0.0167. The largest absolute Gasteiger partial charge is 0.383 e. The average Bonchev–Trinajstić information content (AvgIpc) is 3.55. The van der Waals surface area contributed by atoms with Crippen LogP contribution in [0.2, 0.25) is 0 Å². The lowest BCUT2D eigenvalue weighted by molar-refractivity contribution is -0.150. The number of aliphatic hydroxyl groups excluding tert-OH is 1. The van der Waals surface area contributed by atoms with Gasteiger partial charge >= 0.3 is 0 Å². The van der Waals surface area contributed by atoms with Gasteiger partial charge in [-0.15, -0.1) is 0 Å². The van der Waals surface area contributed by atoms with Gasteiger partial charge in [-0.05, 0) is 60.2 Å². The number of nitrogens with zero attached hydrogens (tertiary/aromatic N) is 3. The maximum atomic E-state index is 13.3. The Balaban J connectivity index is 1.14. The van der Waals surface area contributed by atoms with Crippen molar-refractivity contribution in [3.05, 3.63) is 58.7 Å². The Kier molecular flexibility index (Phi) is 5.50. The molecule has 10 heteroatoms. The molecule has 4 aliphatic rings. The summed E-state index contributed by atoms with van der Waals surface area (Å²) in [6, 6.07) is 10.6. The molecule has 1 saturated carbocycles. The summed E-state index contributed by atoms with van der Waals surface area (Å²) in [6.07, 6.45) is -0.733. The van der Waals surface area contributed by atoms with Crippen molar-refractivity contribution in [3.63, 3.8) is 0 Å². The van der Waals surface area contributed by atoms with Gasteiger partial charge in [-0.25, -0.2) is 0 Å². The normalized spacial score (nSPS) is 21.8. The quantitative estimate of drug-likeness (QED) is 0.554. The van der Waals surface area contributed by atoms with Crippen LogP contribution in [-0.2, 0) is 27.4 Å².